The van der Waals surface area contributed by atoms with Crippen molar-refractivity contribution in [3.05, 3.63) is 29.3 Å². The maximum absolute atomic E-state index is 12.9. The molecule has 0 radical (unpaired) electrons. The van der Waals surface area contributed by atoms with E-state index in [1.54, 1.807) is 0 Å². The molecule has 2 nitrogen and oxygen atoms in total. The van der Waals surface area contributed by atoms with Gasteiger partial charge in [-0.15, -0.1) is 3.89 Å². The van der Waals surface area contributed by atoms with E-state index in [1.165, 1.54) is 0 Å². The van der Waals surface area contributed by atoms with Gasteiger partial charge in [-0.1, -0.05) is 0 Å². The molecule has 8 heteroatoms. The van der Waals surface area contributed by atoms with Gasteiger partial charge in [-0.3, -0.25) is 0 Å². The normalized spacial score (nSPS) is 12.1. The van der Waals surface area contributed by atoms with Gasteiger partial charge in [0, 0.05) is 0 Å². The molecule has 1 aromatic rings. The first-order chi connectivity index (χ1) is 6.75. The molecule has 0 unspecified atom stereocenters. The smallest absolute Gasteiger partial charge is 0.205 e. The molecule has 84 valence electrons. The van der Waals surface area contributed by atoms with Crippen LogP contribution in [0.5, 0.6) is 0 Å². The molecule has 0 atom stereocenters. The van der Waals surface area contributed by atoms with Crippen LogP contribution in [-0.4, -0.2) is 8.42 Å². The van der Waals surface area contributed by atoms with Crippen molar-refractivity contribution < 1.29 is 29.9 Å². The van der Waals surface area contributed by atoms with Gasteiger partial charge in [0.25, 0.3) is 6.43 Å². The fourth-order valence-electron chi connectivity index (χ4n) is 0.940. The highest BCUT2D eigenvalue weighted by Crippen LogP contribution is 2.29. The van der Waals surface area contributed by atoms with Crippen LogP contribution in [0.15, 0.2) is 17.0 Å². The van der Waals surface area contributed by atoms with E-state index in [1.807, 2.05) is 0 Å². The Bertz CT molecular complexity index is 482. The first-order valence-corrected chi connectivity index (χ1v) is 4.84. The molecule has 0 saturated carbocycles. The fourth-order valence-corrected chi connectivity index (χ4v) is 1.57. The van der Waals surface area contributed by atoms with Crippen molar-refractivity contribution in [1.29, 1.82) is 0 Å². The van der Waals surface area contributed by atoms with Crippen molar-refractivity contribution in [2.75, 3.05) is 0 Å². The van der Waals surface area contributed by atoms with Crippen molar-refractivity contribution >= 4 is 10.2 Å². The summed E-state index contributed by atoms with van der Waals surface area (Å²) >= 11 is 0. The Morgan fingerprint density at radius 3 is 2.07 bits per heavy atom. The van der Waals surface area contributed by atoms with Crippen LogP contribution in [-0.2, 0) is 10.2 Å². The van der Waals surface area contributed by atoms with Gasteiger partial charge in [-0.2, -0.15) is 8.42 Å². The minimum absolute atomic E-state index is 0.261. The van der Waals surface area contributed by atoms with Crippen LogP contribution in [0, 0.1) is 11.6 Å². The summed E-state index contributed by atoms with van der Waals surface area (Å²) in [4.78, 5) is -1.99. The molecule has 0 heterocycles. The van der Waals surface area contributed by atoms with Gasteiger partial charge in [-0.25, -0.2) is 17.6 Å². The second kappa shape index (κ2) is 3.76. The van der Waals surface area contributed by atoms with E-state index in [2.05, 4.69) is 0 Å². The second-order valence-electron chi connectivity index (χ2n) is 2.52. The average molecular weight is 246 g/mol. The summed E-state index contributed by atoms with van der Waals surface area (Å²) in [6.07, 6.45) is -3.36. The molecule has 0 bridgehead atoms. The standard InChI is InChI=1S/C7H3F5O2S/c8-4-2-1-3(7(10)11)5(9)6(4)15(12,13)14/h1-2,7H. The lowest BCUT2D eigenvalue weighted by atomic mass is 10.2. The minimum Gasteiger partial charge on any atom is -0.205 e. The van der Waals surface area contributed by atoms with Crippen LogP contribution in [0.4, 0.5) is 21.4 Å². The third-order valence-electron chi connectivity index (χ3n) is 1.56. The molecule has 0 amide bonds. The van der Waals surface area contributed by atoms with E-state index >= 15 is 0 Å². The van der Waals surface area contributed by atoms with E-state index in [0.29, 0.717) is 6.07 Å². The summed E-state index contributed by atoms with van der Waals surface area (Å²) in [6, 6.07) is 0.612. The molecule has 0 aliphatic carbocycles. The highest BCUT2D eigenvalue weighted by atomic mass is 32.3. The lowest BCUT2D eigenvalue weighted by Gasteiger charge is -2.05. The minimum atomic E-state index is -5.70. The largest absolute Gasteiger partial charge is 0.337 e. The zero-order valence-corrected chi connectivity index (χ0v) is 7.66. The Labute approximate surface area is 81.5 Å². The van der Waals surface area contributed by atoms with Gasteiger partial charge < -0.3 is 0 Å². The van der Waals surface area contributed by atoms with Crippen LogP contribution in [0.25, 0.3) is 0 Å². The summed E-state index contributed by atoms with van der Waals surface area (Å²) in [5, 5.41) is 0. The first kappa shape index (κ1) is 11.9. The van der Waals surface area contributed by atoms with Crippen LogP contribution in [0.2, 0.25) is 0 Å². The van der Waals surface area contributed by atoms with Gasteiger partial charge in [0.2, 0.25) is 0 Å². The second-order valence-corrected chi connectivity index (χ2v) is 3.80. The van der Waals surface area contributed by atoms with Gasteiger partial charge >= 0.3 is 10.2 Å². The van der Waals surface area contributed by atoms with Crippen LogP contribution in [0.3, 0.4) is 0 Å². The van der Waals surface area contributed by atoms with Crippen molar-refractivity contribution in [1.82, 2.24) is 0 Å². The van der Waals surface area contributed by atoms with E-state index in [9.17, 15) is 29.9 Å². The Morgan fingerprint density at radius 2 is 1.67 bits per heavy atom. The first-order valence-electron chi connectivity index (χ1n) is 3.46. The highest BCUT2D eigenvalue weighted by Gasteiger charge is 2.28. The van der Waals surface area contributed by atoms with Crippen molar-refractivity contribution in [3.8, 4) is 0 Å². The predicted molar refractivity (Wildman–Crippen MR) is 39.6 cm³/mol. The number of hydrogen-bond acceptors (Lipinski definition) is 2. The summed E-state index contributed by atoms with van der Waals surface area (Å²) in [5.74, 6) is -3.85. The van der Waals surface area contributed by atoms with Gasteiger partial charge in [-0.05, 0) is 12.1 Å². The monoisotopic (exact) mass is 246 g/mol. The lowest BCUT2D eigenvalue weighted by molar-refractivity contribution is 0.145. The van der Waals surface area contributed by atoms with Crippen molar-refractivity contribution in [2.45, 2.75) is 11.3 Å². The summed E-state index contributed by atoms with van der Waals surface area (Å²) in [6.45, 7) is 0. The van der Waals surface area contributed by atoms with Gasteiger partial charge in [0.05, 0.1) is 5.56 Å². The molecular weight excluding hydrogens is 243 g/mol. The third-order valence-corrected chi connectivity index (χ3v) is 2.42. The summed E-state index contributed by atoms with van der Waals surface area (Å²) in [5.41, 5.74) is -1.37. The van der Waals surface area contributed by atoms with Crippen molar-refractivity contribution in [2.24, 2.45) is 0 Å². The quantitative estimate of drug-likeness (QED) is 0.593. The van der Waals surface area contributed by atoms with E-state index in [0.717, 1.165) is 0 Å². The molecule has 0 saturated heterocycles. The number of benzene rings is 1. The zero-order valence-electron chi connectivity index (χ0n) is 6.85. The maximum Gasteiger partial charge on any atom is 0.337 e. The molecule has 15 heavy (non-hydrogen) atoms. The number of hydrogen-bond donors (Lipinski definition) is 0. The van der Waals surface area contributed by atoms with E-state index in [4.69, 9.17) is 0 Å². The number of halogens is 5. The third kappa shape index (κ3) is 2.25. The fraction of sp³-hybridized carbons (Fsp3) is 0.143. The molecule has 0 fully saturated rings. The summed E-state index contributed by atoms with van der Waals surface area (Å²) in [7, 11) is -5.70. The maximum atomic E-state index is 12.9. The van der Waals surface area contributed by atoms with E-state index < -0.39 is 38.7 Å². The molecule has 0 aromatic heterocycles. The molecule has 1 aromatic carbocycles. The number of rotatable bonds is 2. The van der Waals surface area contributed by atoms with Crippen LogP contribution in [0.1, 0.15) is 12.0 Å². The molecule has 0 N–H and O–H groups in total. The van der Waals surface area contributed by atoms with Gasteiger partial charge in [0.15, 0.2) is 10.7 Å². The molecule has 0 aliphatic rings. The Hall–Kier alpha value is -1.18. The topological polar surface area (TPSA) is 34.1 Å². The highest BCUT2D eigenvalue weighted by molar-refractivity contribution is 7.86. The van der Waals surface area contributed by atoms with Crippen LogP contribution >= 0.6 is 0 Å². The van der Waals surface area contributed by atoms with E-state index in [-0.39, 0.29) is 6.07 Å². The SMILES string of the molecule is O=S(=O)(F)c1c(F)ccc(C(F)F)c1F. The Morgan fingerprint density at radius 1 is 1.13 bits per heavy atom. The molecule has 0 aliphatic heterocycles. The molecular formula is C7H3F5O2S. The molecule has 1 rings (SSSR count). The number of alkyl halides is 2. The van der Waals surface area contributed by atoms with Crippen molar-refractivity contribution in [3.63, 3.8) is 0 Å². The zero-order chi connectivity index (χ0) is 11.8. The lowest BCUT2D eigenvalue weighted by Crippen LogP contribution is -2.04. The summed E-state index contributed by atoms with van der Waals surface area (Å²) < 4.78 is 82.6. The van der Waals surface area contributed by atoms with Gasteiger partial charge in [0.1, 0.15) is 5.82 Å². The predicted octanol–water partition coefficient (Wildman–Crippen LogP) is 2.56. The van der Waals surface area contributed by atoms with Crippen LogP contribution < -0.4 is 0 Å². The average Bonchev–Trinajstić information content (AvgIpc) is 2.00. The molecule has 0 spiro atoms. The Kier molecular flexibility index (Phi) is 2.98. The Balaban J connectivity index is 3.59.